The number of hydrogen-bond acceptors (Lipinski definition) is 2. The van der Waals surface area contributed by atoms with Crippen molar-refractivity contribution in [3.63, 3.8) is 0 Å². The molecule has 2 N–H and O–H groups in total. The van der Waals surface area contributed by atoms with Crippen LogP contribution in [0.1, 0.15) is 64.7 Å². The normalized spacial score (nSPS) is 26.8. The molecule has 2 fully saturated rings. The van der Waals surface area contributed by atoms with Crippen LogP contribution < -0.4 is 5.73 Å². The van der Waals surface area contributed by atoms with Crippen LogP contribution in [0.5, 0.6) is 0 Å². The molecule has 0 bridgehead atoms. The lowest BCUT2D eigenvalue weighted by Gasteiger charge is -2.35. The second-order valence-electron chi connectivity index (χ2n) is 6.07. The van der Waals surface area contributed by atoms with Crippen molar-refractivity contribution < 1.29 is 4.79 Å². The van der Waals surface area contributed by atoms with Crippen LogP contribution in [-0.4, -0.2) is 29.9 Å². The highest BCUT2D eigenvalue weighted by Crippen LogP contribution is 2.43. The molecule has 3 heteroatoms. The number of hydrogen-bond donors (Lipinski definition) is 1. The molecule has 2 aliphatic rings. The Labute approximate surface area is 111 Å². The van der Waals surface area contributed by atoms with Gasteiger partial charge in [-0.05, 0) is 51.5 Å². The topological polar surface area (TPSA) is 46.3 Å². The predicted molar refractivity (Wildman–Crippen MR) is 74.2 cm³/mol. The Hall–Kier alpha value is -0.570. The second-order valence-corrected chi connectivity index (χ2v) is 6.07. The van der Waals surface area contributed by atoms with Gasteiger partial charge in [-0.3, -0.25) is 4.79 Å². The van der Waals surface area contributed by atoms with Crippen molar-refractivity contribution in [3.05, 3.63) is 0 Å². The van der Waals surface area contributed by atoms with Crippen molar-refractivity contribution >= 4 is 5.91 Å². The molecule has 1 saturated carbocycles. The number of carbonyl (C=O) groups excluding carboxylic acids is 1. The zero-order valence-electron chi connectivity index (χ0n) is 11.8. The first-order valence-corrected chi connectivity index (χ1v) is 7.74. The van der Waals surface area contributed by atoms with E-state index in [1.807, 2.05) is 0 Å². The van der Waals surface area contributed by atoms with Gasteiger partial charge in [-0.25, -0.2) is 0 Å². The number of amides is 1. The summed E-state index contributed by atoms with van der Waals surface area (Å²) in [6.45, 7) is 3.92. The third-order valence-electron chi connectivity index (χ3n) is 5.07. The number of nitrogens with two attached hydrogens (primary N) is 1. The Kier molecular flexibility index (Phi) is 4.66. The molecule has 104 valence electrons. The summed E-state index contributed by atoms with van der Waals surface area (Å²) in [5.74, 6) is 0.460. The van der Waals surface area contributed by atoms with Gasteiger partial charge in [-0.15, -0.1) is 0 Å². The summed E-state index contributed by atoms with van der Waals surface area (Å²) >= 11 is 0. The Morgan fingerprint density at radius 2 is 2.06 bits per heavy atom. The van der Waals surface area contributed by atoms with Gasteiger partial charge in [0.25, 0.3) is 0 Å². The van der Waals surface area contributed by atoms with Gasteiger partial charge in [-0.2, -0.15) is 0 Å². The summed E-state index contributed by atoms with van der Waals surface area (Å²) in [4.78, 5) is 15.1. The van der Waals surface area contributed by atoms with Crippen molar-refractivity contribution in [1.29, 1.82) is 0 Å². The summed E-state index contributed by atoms with van der Waals surface area (Å²) in [6.07, 6.45) is 10.2. The molecule has 1 aliphatic heterocycles. The van der Waals surface area contributed by atoms with Crippen LogP contribution in [0.15, 0.2) is 0 Å². The van der Waals surface area contributed by atoms with Crippen LogP contribution >= 0.6 is 0 Å². The van der Waals surface area contributed by atoms with Crippen LogP contribution in [0.25, 0.3) is 0 Å². The lowest BCUT2D eigenvalue weighted by molar-refractivity contribution is -0.143. The summed E-state index contributed by atoms with van der Waals surface area (Å²) in [6, 6.07) is 0.477. The Bertz CT molecular complexity index is 284. The lowest BCUT2D eigenvalue weighted by atomic mass is 9.81. The molecule has 0 spiro atoms. The molecule has 2 rings (SSSR count). The van der Waals surface area contributed by atoms with E-state index in [1.54, 1.807) is 0 Å². The minimum atomic E-state index is -0.00863. The molecular formula is C15H28N2O. The first kappa shape index (κ1) is 13.9. The van der Waals surface area contributed by atoms with Crippen LogP contribution in [0.2, 0.25) is 0 Å². The van der Waals surface area contributed by atoms with E-state index in [0.29, 0.717) is 11.9 Å². The molecule has 0 aromatic rings. The zero-order chi connectivity index (χ0) is 13.0. The Morgan fingerprint density at radius 1 is 1.33 bits per heavy atom. The van der Waals surface area contributed by atoms with Gasteiger partial charge in [-0.1, -0.05) is 19.8 Å². The van der Waals surface area contributed by atoms with Gasteiger partial charge in [0.1, 0.15) is 0 Å². The van der Waals surface area contributed by atoms with E-state index >= 15 is 0 Å². The Morgan fingerprint density at radius 3 is 2.67 bits per heavy atom. The molecule has 1 heterocycles. The highest BCUT2D eigenvalue weighted by atomic mass is 16.2. The fourth-order valence-corrected chi connectivity index (χ4v) is 3.83. The van der Waals surface area contributed by atoms with E-state index in [9.17, 15) is 4.79 Å². The van der Waals surface area contributed by atoms with E-state index < -0.39 is 0 Å². The minimum Gasteiger partial charge on any atom is -0.339 e. The average molecular weight is 252 g/mol. The predicted octanol–water partition coefficient (Wildman–Crippen LogP) is 2.69. The largest absolute Gasteiger partial charge is 0.339 e. The van der Waals surface area contributed by atoms with E-state index in [0.717, 1.165) is 45.2 Å². The molecule has 0 aromatic carbocycles. The van der Waals surface area contributed by atoms with Gasteiger partial charge in [0.2, 0.25) is 5.91 Å². The fourth-order valence-electron chi connectivity index (χ4n) is 3.83. The second kappa shape index (κ2) is 6.05. The van der Waals surface area contributed by atoms with Gasteiger partial charge in [0.05, 0.1) is 0 Å². The quantitative estimate of drug-likeness (QED) is 0.817. The lowest BCUT2D eigenvalue weighted by Crippen LogP contribution is -2.45. The third kappa shape index (κ3) is 2.56. The van der Waals surface area contributed by atoms with E-state index in [1.165, 1.54) is 25.7 Å². The number of carbonyl (C=O) groups is 1. The van der Waals surface area contributed by atoms with Crippen molar-refractivity contribution in [1.82, 2.24) is 4.90 Å². The van der Waals surface area contributed by atoms with Gasteiger partial charge in [0.15, 0.2) is 0 Å². The average Bonchev–Trinajstić information content (AvgIpc) is 3.05. The van der Waals surface area contributed by atoms with Gasteiger partial charge >= 0.3 is 0 Å². The van der Waals surface area contributed by atoms with Crippen molar-refractivity contribution in [2.75, 3.05) is 13.1 Å². The van der Waals surface area contributed by atoms with Crippen LogP contribution in [0, 0.1) is 5.41 Å². The monoisotopic (exact) mass is 252 g/mol. The Balaban J connectivity index is 2.02. The first-order chi connectivity index (χ1) is 8.73. The fraction of sp³-hybridized carbons (Fsp3) is 0.933. The molecular weight excluding hydrogens is 224 g/mol. The van der Waals surface area contributed by atoms with Crippen LogP contribution in [0.4, 0.5) is 0 Å². The summed E-state index contributed by atoms with van der Waals surface area (Å²) in [5.41, 5.74) is 5.59. The maximum absolute atomic E-state index is 12.9. The molecule has 1 saturated heterocycles. The molecule has 1 amide bonds. The van der Waals surface area contributed by atoms with E-state index in [2.05, 4.69) is 11.8 Å². The van der Waals surface area contributed by atoms with Gasteiger partial charge < -0.3 is 10.6 Å². The third-order valence-corrected chi connectivity index (χ3v) is 5.07. The maximum atomic E-state index is 12.9. The summed E-state index contributed by atoms with van der Waals surface area (Å²) < 4.78 is 0. The SMILES string of the molecule is CCC1(C(=O)N2CCCC2CCCN)CCCC1. The highest BCUT2D eigenvalue weighted by molar-refractivity contribution is 5.83. The van der Waals surface area contributed by atoms with Gasteiger partial charge in [0, 0.05) is 18.0 Å². The van der Waals surface area contributed by atoms with Crippen molar-refractivity contribution in [2.24, 2.45) is 11.1 Å². The molecule has 1 unspecified atom stereocenters. The molecule has 1 atom stereocenters. The number of likely N-dealkylation sites (tertiary alicyclic amines) is 1. The zero-order valence-corrected chi connectivity index (χ0v) is 11.8. The summed E-state index contributed by atoms with van der Waals surface area (Å²) in [5, 5.41) is 0. The number of rotatable bonds is 5. The molecule has 3 nitrogen and oxygen atoms in total. The first-order valence-electron chi connectivity index (χ1n) is 7.74. The molecule has 0 aromatic heterocycles. The summed E-state index contributed by atoms with van der Waals surface area (Å²) in [7, 11) is 0. The minimum absolute atomic E-state index is 0.00863. The van der Waals surface area contributed by atoms with Crippen LogP contribution in [0.3, 0.4) is 0 Å². The van der Waals surface area contributed by atoms with E-state index in [4.69, 9.17) is 5.73 Å². The van der Waals surface area contributed by atoms with Crippen molar-refractivity contribution in [3.8, 4) is 0 Å². The maximum Gasteiger partial charge on any atom is 0.229 e. The molecule has 0 radical (unpaired) electrons. The standard InChI is InChI=1S/C15H28N2O/c1-2-15(9-3-4-10-15)14(18)17-12-6-8-13(17)7-5-11-16/h13H,2-12,16H2,1H3. The van der Waals surface area contributed by atoms with Crippen molar-refractivity contribution in [2.45, 2.75) is 70.8 Å². The highest BCUT2D eigenvalue weighted by Gasteiger charge is 2.44. The molecule has 1 aliphatic carbocycles. The molecule has 18 heavy (non-hydrogen) atoms. The number of nitrogens with zero attached hydrogens (tertiary/aromatic N) is 1. The van der Waals surface area contributed by atoms with E-state index in [-0.39, 0.29) is 5.41 Å². The van der Waals surface area contributed by atoms with Crippen LogP contribution in [-0.2, 0) is 4.79 Å². The smallest absolute Gasteiger partial charge is 0.229 e.